The molecule has 0 aromatic heterocycles. The van der Waals surface area contributed by atoms with Crippen molar-refractivity contribution in [2.45, 2.75) is 0 Å². The average Bonchev–Trinajstić information content (AvgIpc) is 2.04. The Hall–Kier alpha value is -0.980. The first-order valence-corrected chi connectivity index (χ1v) is 4.60. The van der Waals surface area contributed by atoms with Crippen molar-refractivity contribution in [2.24, 2.45) is 5.73 Å². The first-order chi connectivity index (χ1) is 6.15. The Labute approximate surface area is 89.9 Å². The largest absolute Gasteiger partial charge is 0.407 e. The minimum atomic E-state index is 0.382. The maximum Gasteiger partial charge on any atom is 0.176 e. The number of hydrogen-bond acceptors (Lipinski definition) is 1. The van der Waals surface area contributed by atoms with Crippen molar-refractivity contribution in [2.75, 3.05) is 0 Å². The summed E-state index contributed by atoms with van der Waals surface area (Å²) in [6.45, 7) is 6.61. The third-order valence-corrected chi connectivity index (χ3v) is 2.25. The Morgan fingerprint density at radius 1 is 1.62 bits per heavy atom. The van der Waals surface area contributed by atoms with Crippen LogP contribution in [-0.4, -0.2) is 0 Å². The molecule has 0 aliphatic rings. The van der Waals surface area contributed by atoms with Crippen LogP contribution in [0.15, 0.2) is 28.9 Å². The third-order valence-electron chi connectivity index (χ3n) is 1.45. The highest BCUT2D eigenvalue weighted by Gasteiger charge is 2.02. The molecule has 0 aliphatic carbocycles. The molecule has 13 heavy (non-hydrogen) atoms. The fraction of sp³-hybridized carbons (Fsp3) is 0. The van der Waals surface area contributed by atoms with Crippen LogP contribution in [0.25, 0.3) is 10.5 Å². The molecule has 0 saturated heterocycles. The van der Waals surface area contributed by atoms with Crippen molar-refractivity contribution in [1.82, 2.24) is 0 Å². The van der Waals surface area contributed by atoms with Gasteiger partial charge in [-0.1, -0.05) is 33.6 Å². The zero-order chi connectivity index (χ0) is 9.84. The standard InChI is InChI=1S/C9H6BrClN2/c1-13-5-9(12)7-3-2-6(10)4-8(7)11/h2-5H,12H2/b9-5+. The molecule has 0 radical (unpaired) electrons. The van der Waals surface area contributed by atoms with E-state index in [4.69, 9.17) is 23.9 Å². The molecule has 0 aliphatic heterocycles. The molecule has 0 saturated carbocycles. The van der Waals surface area contributed by atoms with Crippen molar-refractivity contribution in [1.29, 1.82) is 0 Å². The first kappa shape index (κ1) is 10.1. The van der Waals surface area contributed by atoms with E-state index in [1.807, 2.05) is 6.07 Å². The first-order valence-electron chi connectivity index (χ1n) is 3.43. The quantitative estimate of drug-likeness (QED) is 0.769. The van der Waals surface area contributed by atoms with E-state index in [2.05, 4.69) is 20.8 Å². The zero-order valence-corrected chi connectivity index (χ0v) is 8.93. The van der Waals surface area contributed by atoms with Crippen LogP contribution in [0.3, 0.4) is 0 Å². The van der Waals surface area contributed by atoms with Crippen molar-refractivity contribution in [3.8, 4) is 0 Å². The van der Waals surface area contributed by atoms with Crippen molar-refractivity contribution >= 4 is 33.2 Å². The van der Waals surface area contributed by atoms with Gasteiger partial charge in [0.25, 0.3) is 0 Å². The maximum absolute atomic E-state index is 6.61. The number of nitrogens with two attached hydrogens (primary N) is 1. The van der Waals surface area contributed by atoms with E-state index < -0.39 is 0 Å². The number of rotatable bonds is 1. The van der Waals surface area contributed by atoms with Crippen molar-refractivity contribution in [3.05, 3.63) is 50.9 Å². The highest BCUT2D eigenvalue weighted by molar-refractivity contribution is 9.10. The van der Waals surface area contributed by atoms with Gasteiger partial charge in [-0.05, 0) is 12.1 Å². The van der Waals surface area contributed by atoms with E-state index in [1.165, 1.54) is 6.20 Å². The van der Waals surface area contributed by atoms with Gasteiger partial charge in [0.1, 0.15) is 0 Å². The van der Waals surface area contributed by atoms with Gasteiger partial charge in [-0.15, -0.1) is 0 Å². The summed E-state index contributed by atoms with van der Waals surface area (Å²) in [7, 11) is 0. The molecule has 1 aromatic carbocycles. The third kappa shape index (κ3) is 2.48. The molecule has 1 aromatic rings. The summed E-state index contributed by atoms with van der Waals surface area (Å²) in [5.41, 5.74) is 6.67. The normalized spacial score (nSPS) is 11.0. The van der Waals surface area contributed by atoms with E-state index >= 15 is 0 Å². The molecular weight excluding hydrogens is 251 g/mol. The number of halogens is 2. The van der Waals surface area contributed by atoms with E-state index in [0.717, 1.165) is 4.47 Å². The Bertz CT molecular complexity index is 393. The predicted molar refractivity (Wildman–Crippen MR) is 57.9 cm³/mol. The van der Waals surface area contributed by atoms with Gasteiger partial charge in [0.05, 0.1) is 6.57 Å². The second-order valence-corrected chi connectivity index (χ2v) is 3.66. The van der Waals surface area contributed by atoms with E-state index in [0.29, 0.717) is 16.3 Å². The van der Waals surface area contributed by atoms with Gasteiger partial charge in [0, 0.05) is 20.8 Å². The maximum atomic E-state index is 6.61. The molecule has 66 valence electrons. The van der Waals surface area contributed by atoms with Gasteiger partial charge in [-0.3, -0.25) is 0 Å². The average molecular weight is 258 g/mol. The van der Waals surface area contributed by atoms with E-state index in [1.54, 1.807) is 12.1 Å². The summed E-state index contributed by atoms with van der Waals surface area (Å²) in [6, 6.07) is 5.33. The number of hydrogen-bond donors (Lipinski definition) is 1. The summed E-state index contributed by atoms with van der Waals surface area (Å²) < 4.78 is 0.886. The van der Waals surface area contributed by atoms with Gasteiger partial charge in [-0.25, -0.2) is 4.85 Å². The lowest BCUT2D eigenvalue weighted by Gasteiger charge is -2.03. The van der Waals surface area contributed by atoms with Crippen LogP contribution in [-0.2, 0) is 0 Å². The molecule has 0 bridgehead atoms. The Balaban J connectivity index is 3.18. The molecule has 0 atom stereocenters. The predicted octanol–water partition coefficient (Wildman–Crippen LogP) is 3.28. The van der Waals surface area contributed by atoms with Crippen LogP contribution >= 0.6 is 27.5 Å². The van der Waals surface area contributed by atoms with Crippen LogP contribution < -0.4 is 5.73 Å². The smallest absolute Gasteiger partial charge is 0.176 e. The highest BCUT2D eigenvalue weighted by atomic mass is 79.9. The second-order valence-electron chi connectivity index (χ2n) is 2.34. The summed E-state index contributed by atoms with van der Waals surface area (Å²) in [6.07, 6.45) is 1.25. The van der Waals surface area contributed by atoms with Crippen LogP contribution in [0.5, 0.6) is 0 Å². The molecule has 0 spiro atoms. The zero-order valence-electron chi connectivity index (χ0n) is 6.59. The lowest BCUT2D eigenvalue weighted by molar-refractivity contribution is 1.50. The number of nitrogens with zero attached hydrogens (tertiary/aromatic N) is 1. The Morgan fingerprint density at radius 3 is 2.85 bits per heavy atom. The van der Waals surface area contributed by atoms with E-state index in [9.17, 15) is 0 Å². The molecule has 0 amide bonds. The number of benzene rings is 1. The van der Waals surface area contributed by atoms with Crippen LogP contribution in [0.4, 0.5) is 0 Å². The van der Waals surface area contributed by atoms with Crippen LogP contribution in [0, 0.1) is 6.57 Å². The minimum Gasteiger partial charge on any atom is -0.407 e. The summed E-state index contributed by atoms with van der Waals surface area (Å²) >= 11 is 9.19. The lowest BCUT2D eigenvalue weighted by Crippen LogP contribution is -1.95. The molecule has 1 rings (SSSR count). The molecule has 0 unspecified atom stereocenters. The molecular formula is C9H6BrClN2. The fourth-order valence-electron chi connectivity index (χ4n) is 0.863. The van der Waals surface area contributed by atoms with Crippen LogP contribution in [0.1, 0.15) is 5.56 Å². The molecule has 2 N–H and O–H groups in total. The monoisotopic (exact) mass is 256 g/mol. The van der Waals surface area contributed by atoms with Crippen molar-refractivity contribution in [3.63, 3.8) is 0 Å². The SMILES string of the molecule is [C-]#[N+]/C=C(/N)c1ccc(Br)cc1Cl. The Kier molecular flexibility index (Phi) is 3.35. The van der Waals surface area contributed by atoms with Gasteiger partial charge >= 0.3 is 0 Å². The van der Waals surface area contributed by atoms with Crippen LogP contribution in [0.2, 0.25) is 5.02 Å². The lowest BCUT2D eigenvalue weighted by atomic mass is 10.2. The topological polar surface area (TPSA) is 30.4 Å². The van der Waals surface area contributed by atoms with Gasteiger partial charge < -0.3 is 5.73 Å². The summed E-state index contributed by atoms with van der Waals surface area (Å²) in [5, 5.41) is 0.534. The highest BCUT2D eigenvalue weighted by Crippen LogP contribution is 2.24. The molecule has 4 heteroatoms. The minimum absolute atomic E-state index is 0.382. The van der Waals surface area contributed by atoms with Gasteiger partial charge in [0.15, 0.2) is 6.20 Å². The fourth-order valence-corrected chi connectivity index (χ4v) is 1.65. The Morgan fingerprint density at radius 2 is 2.31 bits per heavy atom. The second kappa shape index (κ2) is 4.31. The van der Waals surface area contributed by atoms with E-state index in [-0.39, 0.29) is 0 Å². The van der Waals surface area contributed by atoms with Gasteiger partial charge in [-0.2, -0.15) is 0 Å². The summed E-state index contributed by atoms with van der Waals surface area (Å²) in [5.74, 6) is 0. The molecule has 0 fully saturated rings. The van der Waals surface area contributed by atoms with Crippen molar-refractivity contribution < 1.29 is 0 Å². The molecule has 0 heterocycles. The summed E-state index contributed by atoms with van der Waals surface area (Å²) in [4.78, 5) is 3.07. The van der Waals surface area contributed by atoms with Gasteiger partial charge in [0.2, 0.25) is 0 Å². The molecule has 2 nitrogen and oxygen atoms in total.